The summed E-state index contributed by atoms with van der Waals surface area (Å²) < 4.78 is 11.0. The number of hydrogen-bond acceptors (Lipinski definition) is 4. The van der Waals surface area contributed by atoms with Crippen molar-refractivity contribution in [3.05, 3.63) is 52.5 Å². The Morgan fingerprint density at radius 2 is 1.69 bits per heavy atom. The van der Waals surface area contributed by atoms with Crippen molar-refractivity contribution in [1.29, 1.82) is 0 Å². The molecule has 0 saturated carbocycles. The number of benzene rings is 2. The number of ether oxygens (including phenoxy) is 2. The third-order valence-corrected chi connectivity index (χ3v) is 4.69. The Morgan fingerprint density at radius 1 is 1.04 bits per heavy atom. The molecule has 0 unspecified atom stereocenters. The Balaban J connectivity index is 1.53. The van der Waals surface area contributed by atoms with E-state index in [1.807, 2.05) is 24.3 Å². The second kappa shape index (κ2) is 8.52. The number of rotatable bonds is 5. The summed E-state index contributed by atoms with van der Waals surface area (Å²) in [5, 5.41) is 0.954. The van der Waals surface area contributed by atoms with E-state index in [-0.39, 0.29) is 12.5 Å². The lowest BCUT2D eigenvalue weighted by Gasteiger charge is -2.36. The minimum atomic E-state index is -0.0548. The number of piperazine rings is 1. The van der Waals surface area contributed by atoms with Gasteiger partial charge in [0.25, 0.3) is 5.91 Å². The molecule has 0 N–H and O–H groups in total. The molecule has 0 atom stereocenters. The Bertz CT molecular complexity index is 757. The van der Waals surface area contributed by atoms with Gasteiger partial charge in [-0.1, -0.05) is 35.3 Å². The number of anilines is 1. The van der Waals surface area contributed by atoms with Crippen LogP contribution in [-0.4, -0.2) is 50.7 Å². The predicted octanol–water partition coefficient (Wildman–Crippen LogP) is 3.73. The van der Waals surface area contributed by atoms with Gasteiger partial charge in [0.1, 0.15) is 11.5 Å². The van der Waals surface area contributed by atoms with Crippen LogP contribution in [0.4, 0.5) is 5.69 Å². The van der Waals surface area contributed by atoms with Gasteiger partial charge in [0, 0.05) is 36.2 Å². The lowest BCUT2D eigenvalue weighted by molar-refractivity contribution is -0.133. The lowest BCUT2D eigenvalue weighted by atomic mass is 10.2. The van der Waals surface area contributed by atoms with E-state index in [0.29, 0.717) is 28.9 Å². The zero-order valence-corrected chi connectivity index (χ0v) is 16.0. The molecule has 0 bridgehead atoms. The number of halogens is 2. The molecule has 2 aromatic rings. The number of carbonyl (C=O) groups is 1. The van der Waals surface area contributed by atoms with Gasteiger partial charge in [0.2, 0.25) is 0 Å². The Morgan fingerprint density at radius 3 is 2.35 bits per heavy atom. The minimum absolute atomic E-state index is 0.0364. The molecule has 0 aromatic heterocycles. The van der Waals surface area contributed by atoms with Crippen LogP contribution < -0.4 is 14.4 Å². The maximum atomic E-state index is 12.4. The Hall–Kier alpha value is -2.11. The Labute approximate surface area is 163 Å². The molecule has 1 aliphatic rings. The van der Waals surface area contributed by atoms with Crippen molar-refractivity contribution in [1.82, 2.24) is 4.90 Å². The molecule has 26 heavy (non-hydrogen) atoms. The largest absolute Gasteiger partial charge is 0.495 e. The van der Waals surface area contributed by atoms with E-state index < -0.39 is 0 Å². The first-order chi connectivity index (χ1) is 12.6. The van der Waals surface area contributed by atoms with E-state index >= 15 is 0 Å². The first-order valence-corrected chi connectivity index (χ1v) is 9.07. The summed E-state index contributed by atoms with van der Waals surface area (Å²) in [6.07, 6.45) is 0. The van der Waals surface area contributed by atoms with Gasteiger partial charge in [-0.25, -0.2) is 0 Å². The molecule has 1 amide bonds. The van der Waals surface area contributed by atoms with Crippen molar-refractivity contribution in [2.24, 2.45) is 0 Å². The minimum Gasteiger partial charge on any atom is -0.495 e. The predicted molar refractivity (Wildman–Crippen MR) is 104 cm³/mol. The van der Waals surface area contributed by atoms with Crippen molar-refractivity contribution in [3.8, 4) is 11.5 Å². The maximum absolute atomic E-state index is 12.4. The van der Waals surface area contributed by atoms with Crippen molar-refractivity contribution in [3.63, 3.8) is 0 Å². The van der Waals surface area contributed by atoms with Gasteiger partial charge >= 0.3 is 0 Å². The molecule has 0 radical (unpaired) electrons. The number of carbonyl (C=O) groups excluding carboxylic acids is 1. The fourth-order valence-electron chi connectivity index (χ4n) is 2.94. The standard InChI is InChI=1S/C19H20Cl2N2O3/c1-25-18-5-3-2-4-17(18)22-6-8-23(9-7-22)19(24)13-26-16-11-14(20)10-15(21)12-16/h2-5,10-12H,6-9,13H2,1H3. The van der Waals surface area contributed by atoms with Gasteiger partial charge in [-0.05, 0) is 30.3 Å². The molecular formula is C19H20Cl2N2O3. The maximum Gasteiger partial charge on any atom is 0.260 e. The highest BCUT2D eigenvalue weighted by Gasteiger charge is 2.23. The van der Waals surface area contributed by atoms with Crippen molar-refractivity contribution >= 4 is 34.8 Å². The molecule has 0 spiro atoms. The molecule has 1 aliphatic heterocycles. The molecule has 5 nitrogen and oxygen atoms in total. The number of nitrogens with zero attached hydrogens (tertiary/aromatic N) is 2. The molecule has 7 heteroatoms. The van der Waals surface area contributed by atoms with Crippen LogP contribution >= 0.6 is 23.2 Å². The second-order valence-corrected chi connectivity index (χ2v) is 6.81. The third kappa shape index (κ3) is 4.54. The van der Waals surface area contributed by atoms with E-state index in [1.54, 1.807) is 30.2 Å². The monoisotopic (exact) mass is 394 g/mol. The van der Waals surface area contributed by atoms with Crippen LogP contribution in [-0.2, 0) is 4.79 Å². The van der Waals surface area contributed by atoms with Crippen LogP contribution in [0.15, 0.2) is 42.5 Å². The quantitative estimate of drug-likeness (QED) is 0.774. The molecule has 0 aliphatic carbocycles. The zero-order chi connectivity index (χ0) is 18.5. The van der Waals surface area contributed by atoms with E-state index in [2.05, 4.69) is 4.90 Å². The lowest BCUT2D eigenvalue weighted by Crippen LogP contribution is -2.50. The summed E-state index contributed by atoms with van der Waals surface area (Å²) >= 11 is 11.9. The number of methoxy groups -OCH3 is 1. The molecule has 3 rings (SSSR count). The summed E-state index contributed by atoms with van der Waals surface area (Å²) in [4.78, 5) is 16.4. The average molecular weight is 395 g/mol. The van der Waals surface area contributed by atoms with Crippen LogP contribution in [0.3, 0.4) is 0 Å². The Kier molecular flexibility index (Phi) is 6.12. The summed E-state index contributed by atoms with van der Waals surface area (Å²) in [6, 6.07) is 12.8. The fraction of sp³-hybridized carbons (Fsp3) is 0.316. The average Bonchev–Trinajstić information content (AvgIpc) is 2.65. The van der Waals surface area contributed by atoms with Gasteiger partial charge in [-0.3, -0.25) is 4.79 Å². The third-order valence-electron chi connectivity index (χ3n) is 4.26. The second-order valence-electron chi connectivity index (χ2n) is 5.93. The normalized spacial score (nSPS) is 14.3. The fourth-order valence-corrected chi connectivity index (χ4v) is 3.44. The summed E-state index contributed by atoms with van der Waals surface area (Å²) in [5.41, 5.74) is 1.05. The van der Waals surface area contributed by atoms with Gasteiger partial charge < -0.3 is 19.3 Å². The number of para-hydroxylation sites is 2. The summed E-state index contributed by atoms with van der Waals surface area (Å²) in [6.45, 7) is 2.72. The van der Waals surface area contributed by atoms with Gasteiger partial charge in [0.15, 0.2) is 6.61 Å². The van der Waals surface area contributed by atoms with E-state index in [0.717, 1.165) is 24.5 Å². The molecular weight excluding hydrogens is 375 g/mol. The van der Waals surface area contributed by atoms with E-state index in [4.69, 9.17) is 32.7 Å². The summed E-state index contributed by atoms with van der Waals surface area (Å²) in [7, 11) is 1.66. The zero-order valence-electron chi connectivity index (χ0n) is 14.5. The molecule has 1 saturated heterocycles. The highest BCUT2D eigenvalue weighted by molar-refractivity contribution is 6.34. The van der Waals surface area contributed by atoms with Gasteiger partial charge in [0.05, 0.1) is 12.8 Å². The highest BCUT2D eigenvalue weighted by Crippen LogP contribution is 2.28. The highest BCUT2D eigenvalue weighted by atomic mass is 35.5. The van der Waals surface area contributed by atoms with Gasteiger partial charge in [-0.2, -0.15) is 0 Å². The SMILES string of the molecule is COc1ccccc1N1CCN(C(=O)COc2cc(Cl)cc(Cl)c2)CC1. The van der Waals surface area contributed by atoms with Crippen LogP contribution in [0.2, 0.25) is 10.0 Å². The summed E-state index contributed by atoms with van der Waals surface area (Å²) in [5.74, 6) is 1.28. The topological polar surface area (TPSA) is 42.0 Å². The number of amides is 1. The molecule has 2 aromatic carbocycles. The number of hydrogen-bond donors (Lipinski definition) is 0. The van der Waals surface area contributed by atoms with Crippen LogP contribution in [0.1, 0.15) is 0 Å². The van der Waals surface area contributed by atoms with E-state index in [1.165, 1.54) is 0 Å². The molecule has 1 fully saturated rings. The smallest absolute Gasteiger partial charge is 0.260 e. The van der Waals surface area contributed by atoms with Crippen molar-refractivity contribution in [2.75, 3.05) is 44.8 Å². The van der Waals surface area contributed by atoms with Crippen LogP contribution in [0.5, 0.6) is 11.5 Å². The van der Waals surface area contributed by atoms with Gasteiger partial charge in [-0.15, -0.1) is 0 Å². The molecule has 138 valence electrons. The van der Waals surface area contributed by atoms with Crippen LogP contribution in [0, 0.1) is 0 Å². The van der Waals surface area contributed by atoms with Crippen molar-refractivity contribution < 1.29 is 14.3 Å². The van der Waals surface area contributed by atoms with E-state index in [9.17, 15) is 4.79 Å². The van der Waals surface area contributed by atoms with Crippen LogP contribution in [0.25, 0.3) is 0 Å². The first kappa shape index (κ1) is 18.7. The molecule has 1 heterocycles. The van der Waals surface area contributed by atoms with Crippen molar-refractivity contribution in [2.45, 2.75) is 0 Å². The first-order valence-electron chi connectivity index (χ1n) is 8.31.